The number of aryl methyl sites for hydroxylation is 1. The highest BCUT2D eigenvalue weighted by molar-refractivity contribution is 7.89. The maximum absolute atomic E-state index is 12.2. The fourth-order valence-electron chi connectivity index (χ4n) is 2.31. The van der Waals surface area contributed by atoms with Crippen molar-refractivity contribution in [1.29, 1.82) is 0 Å². The van der Waals surface area contributed by atoms with E-state index in [1.165, 1.54) is 31.2 Å². The number of ketones is 1. The molecule has 0 unspecified atom stereocenters. The molecule has 0 amide bonds. The summed E-state index contributed by atoms with van der Waals surface area (Å²) in [5.41, 5.74) is 2.49. The van der Waals surface area contributed by atoms with Gasteiger partial charge in [-0.25, -0.2) is 13.1 Å². The number of ether oxygens (including phenoxy) is 1. The van der Waals surface area contributed by atoms with E-state index in [-0.39, 0.29) is 36.2 Å². The van der Waals surface area contributed by atoms with Crippen LogP contribution in [0.3, 0.4) is 0 Å². The zero-order valence-electron chi connectivity index (χ0n) is 15.4. The van der Waals surface area contributed by atoms with Crippen LogP contribution in [0.2, 0.25) is 0 Å². The summed E-state index contributed by atoms with van der Waals surface area (Å²) in [5.74, 6) is -0.503. The normalized spacial score (nSPS) is 11.2. The van der Waals surface area contributed by atoms with E-state index in [0.717, 1.165) is 11.1 Å². The minimum Gasteiger partial charge on any atom is -0.461 e. The van der Waals surface area contributed by atoms with Crippen LogP contribution in [0.1, 0.15) is 41.3 Å². The average molecular weight is 389 g/mol. The molecule has 0 saturated carbocycles. The topological polar surface area (TPSA) is 89.5 Å². The molecule has 0 aliphatic rings. The maximum Gasteiger partial charge on any atom is 0.306 e. The molecule has 7 heteroatoms. The first-order chi connectivity index (χ1) is 12.8. The minimum absolute atomic E-state index is 0.0782. The summed E-state index contributed by atoms with van der Waals surface area (Å²) in [7, 11) is -3.67. The van der Waals surface area contributed by atoms with E-state index in [9.17, 15) is 18.0 Å². The van der Waals surface area contributed by atoms with Crippen LogP contribution in [0.5, 0.6) is 0 Å². The Morgan fingerprint density at radius 1 is 1.00 bits per heavy atom. The molecular weight excluding hydrogens is 366 g/mol. The van der Waals surface area contributed by atoms with Crippen LogP contribution in [0.25, 0.3) is 0 Å². The van der Waals surface area contributed by atoms with Crippen molar-refractivity contribution in [3.8, 4) is 0 Å². The summed E-state index contributed by atoms with van der Waals surface area (Å²) in [5, 5.41) is 0. The van der Waals surface area contributed by atoms with E-state index in [0.29, 0.717) is 12.0 Å². The highest BCUT2D eigenvalue weighted by atomic mass is 32.2. The Morgan fingerprint density at radius 2 is 1.63 bits per heavy atom. The SMILES string of the molecule is CC(=O)c1ccc(S(=O)(=O)NCCCC(=O)OCc2ccc(C)cc2)cc1. The van der Waals surface area contributed by atoms with Crippen molar-refractivity contribution < 1.29 is 22.7 Å². The molecule has 144 valence electrons. The van der Waals surface area contributed by atoms with Crippen LogP contribution >= 0.6 is 0 Å². The van der Waals surface area contributed by atoms with Crippen LogP contribution in [-0.2, 0) is 26.2 Å². The smallest absolute Gasteiger partial charge is 0.306 e. The van der Waals surface area contributed by atoms with Crippen LogP contribution in [0, 0.1) is 6.92 Å². The first-order valence-corrected chi connectivity index (χ1v) is 10.1. The first-order valence-electron chi connectivity index (χ1n) is 8.60. The van der Waals surface area contributed by atoms with Crippen LogP contribution in [0.4, 0.5) is 0 Å². The Balaban J connectivity index is 1.73. The first kappa shape index (κ1) is 20.8. The van der Waals surface area contributed by atoms with E-state index in [1.807, 2.05) is 31.2 Å². The zero-order valence-corrected chi connectivity index (χ0v) is 16.2. The molecular formula is C20H23NO5S. The van der Waals surface area contributed by atoms with Gasteiger partial charge in [-0.1, -0.05) is 42.0 Å². The van der Waals surface area contributed by atoms with Gasteiger partial charge < -0.3 is 4.74 Å². The van der Waals surface area contributed by atoms with Gasteiger partial charge in [-0.2, -0.15) is 0 Å². The third-order valence-electron chi connectivity index (χ3n) is 3.94. The summed E-state index contributed by atoms with van der Waals surface area (Å²) >= 11 is 0. The average Bonchev–Trinajstić information content (AvgIpc) is 2.65. The number of benzene rings is 2. The fraction of sp³-hybridized carbons (Fsp3) is 0.300. The van der Waals surface area contributed by atoms with Crippen molar-refractivity contribution in [2.45, 2.75) is 38.2 Å². The molecule has 6 nitrogen and oxygen atoms in total. The van der Waals surface area contributed by atoms with Gasteiger partial charge in [0.15, 0.2) is 5.78 Å². The number of Topliss-reactive ketones (excluding diaryl/α,β-unsaturated/α-hetero) is 1. The highest BCUT2D eigenvalue weighted by Crippen LogP contribution is 2.11. The maximum atomic E-state index is 12.2. The Morgan fingerprint density at radius 3 is 2.22 bits per heavy atom. The number of rotatable bonds is 9. The number of hydrogen-bond acceptors (Lipinski definition) is 5. The van der Waals surface area contributed by atoms with Crippen molar-refractivity contribution in [1.82, 2.24) is 4.72 Å². The summed E-state index contributed by atoms with van der Waals surface area (Å²) < 4.78 is 32.0. The number of esters is 1. The lowest BCUT2D eigenvalue weighted by molar-refractivity contribution is -0.145. The van der Waals surface area contributed by atoms with Crippen molar-refractivity contribution in [2.24, 2.45) is 0 Å². The molecule has 2 aromatic carbocycles. The lowest BCUT2D eigenvalue weighted by Gasteiger charge is -2.08. The molecule has 0 atom stereocenters. The van der Waals surface area contributed by atoms with Gasteiger partial charge in [0.1, 0.15) is 6.61 Å². The molecule has 0 heterocycles. The molecule has 0 bridgehead atoms. The Labute approximate surface area is 159 Å². The molecule has 0 aliphatic heterocycles. The number of hydrogen-bond donors (Lipinski definition) is 1. The Bertz CT molecular complexity index is 887. The number of carbonyl (C=O) groups is 2. The van der Waals surface area contributed by atoms with E-state index in [2.05, 4.69) is 4.72 Å². The lowest BCUT2D eigenvalue weighted by atomic mass is 10.2. The van der Waals surface area contributed by atoms with Crippen molar-refractivity contribution >= 4 is 21.8 Å². The Hall–Kier alpha value is -2.51. The molecule has 2 aromatic rings. The minimum atomic E-state index is -3.67. The van der Waals surface area contributed by atoms with Gasteiger partial charge in [0.05, 0.1) is 4.90 Å². The van der Waals surface area contributed by atoms with Gasteiger partial charge in [-0.3, -0.25) is 9.59 Å². The number of carbonyl (C=O) groups excluding carboxylic acids is 2. The Kier molecular flexibility index (Phi) is 7.27. The predicted molar refractivity (Wildman–Crippen MR) is 102 cm³/mol. The molecule has 0 spiro atoms. The summed E-state index contributed by atoms with van der Waals surface area (Å²) in [6, 6.07) is 13.4. The molecule has 0 fully saturated rings. The van der Waals surface area contributed by atoms with Gasteiger partial charge in [0.25, 0.3) is 0 Å². The van der Waals surface area contributed by atoms with Gasteiger partial charge in [0.2, 0.25) is 10.0 Å². The number of sulfonamides is 1. The fourth-order valence-corrected chi connectivity index (χ4v) is 3.39. The van der Waals surface area contributed by atoms with E-state index in [4.69, 9.17) is 4.74 Å². The van der Waals surface area contributed by atoms with Gasteiger partial charge >= 0.3 is 5.97 Å². The monoisotopic (exact) mass is 389 g/mol. The largest absolute Gasteiger partial charge is 0.461 e. The summed E-state index contributed by atoms with van der Waals surface area (Å²) in [6.45, 7) is 3.72. The summed E-state index contributed by atoms with van der Waals surface area (Å²) in [6.07, 6.45) is 0.454. The van der Waals surface area contributed by atoms with Crippen LogP contribution in [0.15, 0.2) is 53.4 Å². The quantitative estimate of drug-likeness (QED) is 0.405. The molecule has 0 aromatic heterocycles. The molecule has 27 heavy (non-hydrogen) atoms. The second kappa shape index (κ2) is 9.43. The standard InChI is InChI=1S/C20H23NO5S/c1-15-5-7-17(8-6-15)14-26-20(23)4-3-13-21-27(24,25)19-11-9-18(10-12-19)16(2)22/h5-12,21H,3-4,13-14H2,1-2H3. The zero-order chi connectivity index (χ0) is 19.9. The van der Waals surface area contributed by atoms with E-state index in [1.54, 1.807) is 0 Å². The molecule has 0 saturated heterocycles. The van der Waals surface area contributed by atoms with Crippen LogP contribution < -0.4 is 4.72 Å². The van der Waals surface area contributed by atoms with Gasteiger partial charge in [-0.15, -0.1) is 0 Å². The van der Waals surface area contributed by atoms with E-state index < -0.39 is 10.0 Å². The van der Waals surface area contributed by atoms with E-state index >= 15 is 0 Å². The third-order valence-corrected chi connectivity index (χ3v) is 5.42. The molecule has 0 aliphatic carbocycles. The van der Waals surface area contributed by atoms with Gasteiger partial charge in [0, 0.05) is 18.5 Å². The van der Waals surface area contributed by atoms with Crippen molar-refractivity contribution in [3.63, 3.8) is 0 Å². The molecule has 1 N–H and O–H groups in total. The molecule has 2 rings (SSSR count). The second-order valence-corrected chi connectivity index (χ2v) is 8.00. The number of nitrogens with one attached hydrogen (secondary N) is 1. The van der Waals surface area contributed by atoms with Crippen LogP contribution in [-0.4, -0.2) is 26.7 Å². The second-order valence-electron chi connectivity index (χ2n) is 6.23. The van der Waals surface area contributed by atoms with Gasteiger partial charge in [-0.05, 0) is 38.0 Å². The lowest BCUT2D eigenvalue weighted by Crippen LogP contribution is -2.25. The molecule has 0 radical (unpaired) electrons. The predicted octanol–water partition coefficient (Wildman–Crippen LogP) is 3.00. The third kappa shape index (κ3) is 6.62. The highest BCUT2D eigenvalue weighted by Gasteiger charge is 2.14. The summed E-state index contributed by atoms with van der Waals surface area (Å²) in [4.78, 5) is 23.1. The van der Waals surface area contributed by atoms with Crippen molar-refractivity contribution in [3.05, 3.63) is 65.2 Å². The van der Waals surface area contributed by atoms with Crippen molar-refractivity contribution in [2.75, 3.05) is 6.54 Å².